The third kappa shape index (κ3) is 4.72. The summed E-state index contributed by atoms with van der Waals surface area (Å²) in [6.45, 7) is 6.31. The van der Waals surface area contributed by atoms with E-state index in [0.29, 0.717) is 13.2 Å². The Bertz CT molecular complexity index is 301. The van der Waals surface area contributed by atoms with Gasteiger partial charge in [0, 0.05) is 11.9 Å². The molecule has 1 rings (SSSR count). The molecule has 0 saturated heterocycles. The van der Waals surface area contributed by atoms with Crippen LogP contribution >= 0.6 is 11.3 Å². The Morgan fingerprint density at radius 2 is 2.38 bits per heavy atom. The lowest BCUT2D eigenvalue weighted by Crippen LogP contribution is -2.31. The molecule has 1 heterocycles. The van der Waals surface area contributed by atoms with Gasteiger partial charge >= 0.3 is 5.97 Å². The number of carbonyl (C=O) groups excluding carboxylic acids is 1. The van der Waals surface area contributed by atoms with Crippen LogP contribution in [0.1, 0.15) is 26.0 Å². The molecule has 0 atom stereocenters. The van der Waals surface area contributed by atoms with Gasteiger partial charge in [-0.3, -0.25) is 9.69 Å². The number of nitrogens with zero attached hydrogens (tertiary/aromatic N) is 2. The predicted octanol–water partition coefficient (Wildman–Crippen LogP) is 1.92. The van der Waals surface area contributed by atoms with Gasteiger partial charge in [0.25, 0.3) is 0 Å². The third-order valence-electron chi connectivity index (χ3n) is 2.07. The Morgan fingerprint density at radius 1 is 1.56 bits per heavy atom. The van der Waals surface area contributed by atoms with E-state index < -0.39 is 0 Å². The zero-order valence-corrected chi connectivity index (χ0v) is 10.6. The minimum absolute atomic E-state index is 0.161. The van der Waals surface area contributed by atoms with Crippen molar-refractivity contribution in [3.8, 4) is 0 Å². The van der Waals surface area contributed by atoms with Crippen LogP contribution in [-0.2, 0) is 16.1 Å². The van der Waals surface area contributed by atoms with Crippen LogP contribution in [0.5, 0.6) is 0 Å². The molecule has 0 aliphatic carbocycles. The highest BCUT2D eigenvalue weighted by atomic mass is 32.1. The second-order valence-corrected chi connectivity index (χ2v) is 4.21. The van der Waals surface area contributed by atoms with E-state index in [1.807, 2.05) is 17.8 Å². The molecular formula is C11H18N2O2S. The lowest BCUT2D eigenvalue weighted by atomic mass is 10.3. The van der Waals surface area contributed by atoms with Crippen molar-refractivity contribution in [1.29, 1.82) is 0 Å². The van der Waals surface area contributed by atoms with Gasteiger partial charge in [-0.05, 0) is 19.9 Å². The smallest absolute Gasteiger partial charge is 0.320 e. The number of hydrogen-bond acceptors (Lipinski definition) is 5. The summed E-state index contributed by atoms with van der Waals surface area (Å²) >= 11 is 1.57. The number of rotatable bonds is 7. The number of carbonyl (C=O) groups is 1. The van der Waals surface area contributed by atoms with Crippen LogP contribution in [0.3, 0.4) is 0 Å². The van der Waals surface area contributed by atoms with Crippen molar-refractivity contribution in [3.63, 3.8) is 0 Å². The molecule has 0 saturated carbocycles. The minimum Gasteiger partial charge on any atom is -0.465 e. The molecular weight excluding hydrogens is 224 g/mol. The number of hydrogen-bond donors (Lipinski definition) is 0. The lowest BCUT2D eigenvalue weighted by molar-refractivity contribution is -0.144. The fourth-order valence-electron chi connectivity index (χ4n) is 1.46. The summed E-state index contributed by atoms with van der Waals surface area (Å²) in [6.07, 6.45) is 1.02. The highest BCUT2D eigenvalue weighted by Crippen LogP contribution is 2.06. The molecule has 4 nitrogen and oxygen atoms in total. The normalized spacial score (nSPS) is 10.7. The first kappa shape index (κ1) is 13.1. The second-order valence-electron chi connectivity index (χ2n) is 3.50. The number of esters is 1. The molecule has 1 aromatic rings. The molecule has 0 fully saturated rings. The number of thiazole rings is 1. The lowest BCUT2D eigenvalue weighted by Gasteiger charge is -2.19. The average molecular weight is 242 g/mol. The largest absolute Gasteiger partial charge is 0.465 e. The topological polar surface area (TPSA) is 42.4 Å². The Hall–Kier alpha value is -0.940. The van der Waals surface area contributed by atoms with E-state index in [1.165, 1.54) is 0 Å². The van der Waals surface area contributed by atoms with Gasteiger partial charge in [0.15, 0.2) is 0 Å². The van der Waals surface area contributed by atoms with Gasteiger partial charge in [0.1, 0.15) is 0 Å². The molecule has 90 valence electrons. The zero-order valence-electron chi connectivity index (χ0n) is 9.81. The van der Waals surface area contributed by atoms with Gasteiger partial charge in [-0.15, -0.1) is 11.3 Å². The van der Waals surface area contributed by atoms with Crippen LogP contribution in [0.25, 0.3) is 0 Å². The van der Waals surface area contributed by atoms with Gasteiger partial charge in [-0.1, -0.05) is 6.92 Å². The number of aromatic nitrogens is 1. The Labute approximate surface area is 100 Å². The molecule has 0 aliphatic heterocycles. The first-order valence-corrected chi connectivity index (χ1v) is 6.45. The number of ether oxygens (including phenoxy) is 1. The summed E-state index contributed by atoms with van der Waals surface area (Å²) in [4.78, 5) is 17.7. The molecule has 5 heteroatoms. The first-order chi connectivity index (χ1) is 7.76. The van der Waals surface area contributed by atoms with Gasteiger partial charge in [0.2, 0.25) is 0 Å². The van der Waals surface area contributed by atoms with Crippen LogP contribution in [0.2, 0.25) is 0 Å². The van der Waals surface area contributed by atoms with Crippen LogP contribution in [0.4, 0.5) is 0 Å². The molecule has 0 N–H and O–H groups in total. The highest BCUT2D eigenvalue weighted by molar-refractivity contribution is 7.07. The molecule has 0 amide bonds. The van der Waals surface area contributed by atoms with E-state index in [-0.39, 0.29) is 5.97 Å². The van der Waals surface area contributed by atoms with E-state index in [9.17, 15) is 4.79 Å². The standard InChI is InChI=1S/C11H18N2O2S/c1-3-5-13(7-11(14)15-4-2)6-10-8-16-9-12-10/h8-9H,3-7H2,1-2H3. The molecule has 0 aliphatic rings. The Morgan fingerprint density at radius 3 is 2.94 bits per heavy atom. The predicted molar refractivity (Wildman–Crippen MR) is 64.3 cm³/mol. The highest BCUT2D eigenvalue weighted by Gasteiger charge is 2.11. The van der Waals surface area contributed by atoms with Crippen molar-refractivity contribution in [2.75, 3.05) is 19.7 Å². The van der Waals surface area contributed by atoms with Crippen LogP contribution in [0, 0.1) is 0 Å². The Balaban J connectivity index is 2.44. The maximum atomic E-state index is 11.4. The summed E-state index contributed by atoms with van der Waals surface area (Å²) in [7, 11) is 0. The van der Waals surface area contributed by atoms with Crippen molar-refractivity contribution in [1.82, 2.24) is 9.88 Å². The maximum Gasteiger partial charge on any atom is 0.320 e. The Kier molecular flexibility index (Phi) is 6.03. The first-order valence-electron chi connectivity index (χ1n) is 5.51. The minimum atomic E-state index is -0.161. The summed E-state index contributed by atoms with van der Waals surface area (Å²) in [5, 5.41) is 2.01. The van der Waals surface area contributed by atoms with Crippen molar-refractivity contribution < 1.29 is 9.53 Å². The van der Waals surface area contributed by atoms with E-state index in [1.54, 1.807) is 11.3 Å². The average Bonchev–Trinajstić information content (AvgIpc) is 2.71. The summed E-state index contributed by atoms with van der Waals surface area (Å²) < 4.78 is 4.94. The fourth-order valence-corrected chi connectivity index (χ4v) is 2.01. The van der Waals surface area contributed by atoms with Crippen LogP contribution < -0.4 is 0 Å². The molecule has 16 heavy (non-hydrogen) atoms. The van der Waals surface area contributed by atoms with Crippen molar-refractivity contribution >= 4 is 17.3 Å². The van der Waals surface area contributed by atoms with E-state index in [2.05, 4.69) is 16.8 Å². The van der Waals surface area contributed by atoms with Crippen LogP contribution in [0.15, 0.2) is 10.9 Å². The molecule has 0 radical (unpaired) electrons. The fraction of sp³-hybridized carbons (Fsp3) is 0.636. The van der Waals surface area contributed by atoms with Crippen molar-refractivity contribution in [2.24, 2.45) is 0 Å². The van der Waals surface area contributed by atoms with E-state index >= 15 is 0 Å². The van der Waals surface area contributed by atoms with Crippen LogP contribution in [-0.4, -0.2) is 35.5 Å². The van der Waals surface area contributed by atoms with Gasteiger partial charge in [0.05, 0.1) is 24.4 Å². The summed E-state index contributed by atoms with van der Waals surface area (Å²) in [5.74, 6) is -0.161. The second kappa shape index (κ2) is 7.35. The van der Waals surface area contributed by atoms with Crippen molar-refractivity contribution in [3.05, 3.63) is 16.6 Å². The molecule has 0 spiro atoms. The summed E-state index contributed by atoms with van der Waals surface area (Å²) in [6, 6.07) is 0. The van der Waals surface area contributed by atoms with Gasteiger partial charge in [-0.2, -0.15) is 0 Å². The third-order valence-corrected chi connectivity index (χ3v) is 2.70. The SMILES string of the molecule is CCCN(CC(=O)OCC)Cc1cscn1. The van der Waals surface area contributed by atoms with E-state index in [4.69, 9.17) is 4.74 Å². The van der Waals surface area contributed by atoms with Gasteiger partial charge < -0.3 is 4.74 Å². The molecule has 1 aromatic heterocycles. The molecule has 0 unspecified atom stereocenters. The van der Waals surface area contributed by atoms with Gasteiger partial charge in [-0.25, -0.2) is 4.98 Å². The summed E-state index contributed by atoms with van der Waals surface area (Å²) in [5.41, 5.74) is 2.83. The molecule has 0 bridgehead atoms. The maximum absolute atomic E-state index is 11.4. The van der Waals surface area contributed by atoms with E-state index in [0.717, 1.165) is 25.2 Å². The molecule has 0 aromatic carbocycles. The monoisotopic (exact) mass is 242 g/mol. The zero-order chi connectivity index (χ0) is 11.8. The van der Waals surface area contributed by atoms with Crippen molar-refractivity contribution in [2.45, 2.75) is 26.8 Å². The quantitative estimate of drug-likeness (QED) is 0.685.